The molecular weight excluding hydrogens is 498 g/mol. The number of hydrogen-bond donors (Lipinski definition) is 3. The van der Waals surface area contributed by atoms with E-state index in [2.05, 4.69) is 25.4 Å². The van der Waals surface area contributed by atoms with Gasteiger partial charge in [0, 0.05) is 19.3 Å². The quantitative estimate of drug-likeness (QED) is 0.347. The van der Waals surface area contributed by atoms with Crippen LogP contribution in [-0.4, -0.2) is 69.2 Å². The van der Waals surface area contributed by atoms with Gasteiger partial charge in [0.1, 0.15) is 11.5 Å². The molecule has 3 aromatic rings. The largest absolute Gasteiger partial charge is 0.325 e. The van der Waals surface area contributed by atoms with Gasteiger partial charge in [-0.2, -0.15) is 0 Å². The number of likely N-dealkylation sites (N-methyl/N-ethyl adjacent to an activating group) is 1. The Morgan fingerprint density at radius 1 is 1.21 bits per heavy atom. The Kier molecular flexibility index (Phi) is 6.56. The number of fused-ring (bicyclic) bond motifs is 3. The summed E-state index contributed by atoms with van der Waals surface area (Å²) in [5, 5.41) is 5.36. The number of H-pyrrole nitrogens is 1. The highest BCUT2D eigenvalue weighted by Crippen LogP contribution is 2.47. The van der Waals surface area contributed by atoms with E-state index in [4.69, 9.17) is 6.57 Å². The van der Waals surface area contributed by atoms with Gasteiger partial charge >= 0.3 is 18.0 Å². The van der Waals surface area contributed by atoms with E-state index in [9.17, 15) is 19.2 Å². The number of anilines is 2. The molecule has 5 rings (SSSR count). The number of rotatable bonds is 5. The van der Waals surface area contributed by atoms with Crippen LogP contribution in [0.4, 0.5) is 11.6 Å². The molecule has 3 N–H and O–H groups in total. The zero-order chi connectivity index (χ0) is 27.9. The van der Waals surface area contributed by atoms with Gasteiger partial charge < -0.3 is 15.2 Å². The van der Waals surface area contributed by atoms with Crippen LogP contribution in [0.25, 0.3) is 15.9 Å². The standard InChI is InChI=1S/C28H29N7O4/c1-16(2)13-21(34(4)25(38)23(36)33-27-31-19-11-7-8-12-20(19)32-27)24(37)35-15-28(14-22(35)29-3)17-9-5-6-10-18(17)30-26(28)39/h5-12,16,21-22H,13-15H2,1-2,4H3,(H,30,39)(H2,31,32,33,36)/t21-,22-,28-/m0/s1. The van der Waals surface area contributed by atoms with Gasteiger partial charge in [-0.3, -0.25) is 34.2 Å². The van der Waals surface area contributed by atoms with E-state index >= 15 is 0 Å². The molecule has 0 bridgehead atoms. The van der Waals surface area contributed by atoms with E-state index in [-0.39, 0.29) is 37.2 Å². The van der Waals surface area contributed by atoms with E-state index in [1.165, 1.54) is 11.9 Å². The Bertz CT molecular complexity index is 1490. The second-order valence-electron chi connectivity index (χ2n) is 10.5. The molecule has 1 saturated heterocycles. The first kappa shape index (κ1) is 25.9. The summed E-state index contributed by atoms with van der Waals surface area (Å²) in [4.78, 5) is 66.6. The van der Waals surface area contributed by atoms with Crippen LogP contribution in [0.15, 0.2) is 48.5 Å². The minimum Gasteiger partial charge on any atom is -0.325 e. The maximum absolute atomic E-state index is 14.0. The summed E-state index contributed by atoms with van der Waals surface area (Å²) in [6.07, 6.45) is -0.448. The van der Waals surface area contributed by atoms with Crippen LogP contribution >= 0.6 is 0 Å². The minimum atomic E-state index is -1.04. The first-order valence-electron chi connectivity index (χ1n) is 12.8. The van der Waals surface area contributed by atoms with Gasteiger partial charge in [0.2, 0.25) is 11.9 Å². The second-order valence-corrected chi connectivity index (χ2v) is 10.5. The number of aromatic nitrogens is 2. The number of carbonyl (C=O) groups excluding carboxylic acids is 4. The average Bonchev–Trinajstić information content (AvgIpc) is 3.59. The normalized spacial score (nSPS) is 20.5. The molecule has 200 valence electrons. The van der Waals surface area contributed by atoms with Crippen LogP contribution in [0.3, 0.4) is 0 Å². The molecule has 3 atom stereocenters. The van der Waals surface area contributed by atoms with Crippen molar-refractivity contribution in [1.82, 2.24) is 19.8 Å². The van der Waals surface area contributed by atoms with Gasteiger partial charge in [-0.05, 0) is 36.1 Å². The lowest BCUT2D eigenvalue weighted by molar-refractivity contribution is -0.149. The summed E-state index contributed by atoms with van der Waals surface area (Å²) < 4.78 is 0. The number of hydrogen-bond acceptors (Lipinski definition) is 5. The molecule has 11 nitrogen and oxygen atoms in total. The third-order valence-corrected chi connectivity index (χ3v) is 7.47. The van der Waals surface area contributed by atoms with Crippen LogP contribution in [0.2, 0.25) is 0 Å². The van der Waals surface area contributed by atoms with Crippen LogP contribution in [0.1, 0.15) is 32.3 Å². The zero-order valence-corrected chi connectivity index (χ0v) is 21.9. The molecule has 11 heteroatoms. The van der Waals surface area contributed by atoms with E-state index in [0.717, 1.165) is 10.5 Å². The highest BCUT2D eigenvalue weighted by molar-refractivity contribution is 6.39. The fourth-order valence-electron chi connectivity index (χ4n) is 5.49. The van der Waals surface area contributed by atoms with Crippen molar-refractivity contribution < 1.29 is 19.2 Å². The number of amides is 4. The molecule has 4 amide bonds. The van der Waals surface area contributed by atoms with Crippen molar-refractivity contribution in [2.75, 3.05) is 24.2 Å². The Morgan fingerprint density at radius 3 is 2.64 bits per heavy atom. The monoisotopic (exact) mass is 527 g/mol. The van der Waals surface area contributed by atoms with Crippen molar-refractivity contribution in [2.45, 2.75) is 44.3 Å². The number of nitrogens with one attached hydrogen (secondary N) is 3. The van der Waals surface area contributed by atoms with E-state index < -0.39 is 35.3 Å². The molecule has 1 aromatic heterocycles. The number of imidazole rings is 1. The topological polar surface area (TPSA) is 132 Å². The maximum atomic E-state index is 14.0. The summed E-state index contributed by atoms with van der Waals surface area (Å²) in [6.45, 7) is 11.6. The SMILES string of the molecule is [C-]#[N+][C@@H]1C[C@@]2(CN1C(=O)[C@H](CC(C)C)N(C)C(=O)C(=O)Nc1nc3ccccc3[nH]1)C(=O)Nc1ccccc12. The van der Waals surface area contributed by atoms with Crippen molar-refractivity contribution in [1.29, 1.82) is 0 Å². The summed E-state index contributed by atoms with van der Waals surface area (Å²) in [5.41, 5.74) is 1.73. The number of benzene rings is 2. The molecule has 2 aliphatic rings. The predicted octanol–water partition coefficient (Wildman–Crippen LogP) is 2.74. The predicted molar refractivity (Wildman–Crippen MR) is 144 cm³/mol. The molecule has 0 aliphatic carbocycles. The van der Waals surface area contributed by atoms with Crippen molar-refractivity contribution in [2.24, 2.45) is 5.92 Å². The smallest absolute Gasteiger partial charge is 0.316 e. The van der Waals surface area contributed by atoms with Gasteiger partial charge in [0.15, 0.2) is 0 Å². The molecule has 2 aromatic carbocycles. The Morgan fingerprint density at radius 2 is 1.92 bits per heavy atom. The third-order valence-electron chi connectivity index (χ3n) is 7.47. The summed E-state index contributed by atoms with van der Waals surface area (Å²) in [6, 6.07) is 13.5. The third kappa shape index (κ3) is 4.48. The van der Waals surface area contributed by atoms with Gasteiger partial charge in [-0.25, -0.2) is 11.6 Å². The summed E-state index contributed by atoms with van der Waals surface area (Å²) in [5.74, 6) is -2.44. The van der Waals surface area contributed by atoms with E-state index in [0.29, 0.717) is 16.7 Å². The van der Waals surface area contributed by atoms with Crippen molar-refractivity contribution in [3.8, 4) is 0 Å². The zero-order valence-electron chi connectivity index (χ0n) is 21.9. The lowest BCUT2D eigenvalue weighted by Crippen LogP contribution is -2.53. The molecule has 1 spiro atoms. The van der Waals surface area contributed by atoms with Crippen molar-refractivity contribution >= 4 is 46.3 Å². The van der Waals surface area contributed by atoms with Crippen molar-refractivity contribution in [3.05, 3.63) is 65.5 Å². The van der Waals surface area contributed by atoms with E-state index in [1.807, 2.05) is 44.2 Å². The fourth-order valence-corrected chi connectivity index (χ4v) is 5.49. The highest BCUT2D eigenvalue weighted by Gasteiger charge is 2.59. The molecule has 0 saturated carbocycles. The summed E-state index contributed by atoms with van der Waals surface area (Å²) >= 11 is 0. The molecular formula is C28H29N7O4. The van der Waals surface area contributed by atoms with Crippen LogP contribution in [-0.2, 0) is 24.6 Å². The number of nitrogens with zero attached hydrogens (tertiary/aromatic N) is 4. The fraction of sp³-hybridized carbons (Fsp3) is 0.357. The van der Waals surface area contributed by atoms with Crippen molar-refractivity contribution in [3.63, 3.8) is 0 Å². The van der Waals surface area contributed by atoms with Gasteiger partial charge in [0.05, 0.1) is 17.5 Å². The van der Waals surface area contributed by atoms with Crippen LogP contribution in [0, 0.1) is 12.5 Å². The van der Waals surface area contributed by atoms with Gasteiger partial charge in [-0.15, -0.1) is 0 Å². The molecule has 2 aliphatic heterocycles. The Balaban J connectivity index is 1.38. The number of carbonyl (C=O) groups is 4. The minimum absolute atomic E-state index is 0.00564. The number of para-hydroxylation sites is 3. The van der Waals surface area contributed by atoms with Gasteiger partial charge in [-0.1, -0.05) is 44.2 Å². The first-order chi connectivity index (χ1) is 18.6. The Labute approximate surface area is 225 Å². The van der Waals surface area contributed by atoms with Gasteiger partial charge in [0.25, 0.3) is 5.91 Å². The van der Waals surface area contributed by atoms with Crippen LogP contribution in [0.5, 0.6) is 0 Å². The second kappa shape index (κ2) is 9.87. The average molecular weight is 528 g/mol. The number of aromatic amines is 1. The first-order valence-corrected chi connectivity index (χ1v) is 12.8. The molecule has 0 radical (unpaired) electrons. The molecule has 39 heavy (non-hydrogen) atoms. The summed E-state index contributed by atoms with van der Waals surface area (Å²) in [7, 11) is 1.40. The molecule has 3 heterocycles. The lowest BCUT2D eigenvalue weighted by Gasteiger charge is -2.31. The maximum Gasteiger partial charge on any atom is 0.316 e. The highest BCUT2D eigenvalue weighted by atomic mass is 16.2. The number of likely N-dealkylation sites (tertiary alicyclic amines) is 1. The Hall–Kier alpha value is -4.72. The van der Waals surface area contributed by atoms with E-state index in [1.54, 1.807) is 18.2 Å². The van der Waals surface area contributed by atoms with Crippen LogP contribution < -0.4 is 10.6 Å². The lowest BCUT2D eigenvalue weighted by atomic mass is 9.80. The molecule has 0 unspecified atom stereocenters. The molecule has 1 fully saturated rings.